The van der Waals surface area contributed by atoms with E-state index in [0.717, 1.165) is 38.2 Å². The molecule has 0 saturated heterocycles. The highest BCUT2D eigenvalue weighted by Crippen LogP contribution is 2.40. The van der Waals surface area contributed by atoms with Gasteiger partial charge in [-0.3, -0.25) is 19.1 Å². The van der Waals surface area contributed by atoms with E-state index in [1.165, 1.54) is 35.9 Å². The van der Waals surface area contributed by atoms with E-state index >= 15 is 0 Å². The summed E-state index contributed by atoms with van der Waals surface area (Å²) in [5.41, 5.74) is -0.715. The summed E-state index contributed by atoms with van der Waals surface area (Å²) < 4.78 is 47.9. The molecule has 1 saturated carbocycles. The van der Waals surface area contributed by atoms with Crippen LogP contribution in [0, 0.1) is 0 Å². The first kappa shape index (κ1) is 27.4. The van der Waals surface area contributed by atoms with E-state index < -0.39 is 29.7 Å². The molecular formula is C26H32F3N3O4. The van der Waals surface area contributed by atoms with E-state index in [1.54, 1.807) is 0 Å². The van der Waals surface area contributed by atoms with Crippen LogP contribution in [0.5, 0.6) is 0 Å². The topological polar surface area (TPSA) is 90.3 Å². The number of nitrogens with one attached hydrogen (secondary N) is 1. The van der Waals surface area contributed by atoms with Crippen molar-refractivity contribution in [3.63, 3.8) is 0 Å². The average molecular weight is 508 g/mol. The minimum atomic E-state index is -4.57. The number of alkyl halides is 3. The highest BCUT2D eigenvalue weighted by atomic mass is 19.4. The number of nitrogens with zero attached hydrogens (tertiary/aromatic N) is 2. The van der Waals surface area contributed by atoms with Crippen molar-refractivity contribution in [1.29, 1.82) is 0 Å². The minimum absolute atomic E-state index is 0.0526. The molecule has 0 radical (unpaired) electrons. The molecule has 1 atom stereocenters. The Hall–Kier alpha value is -3.17. The molecule has 1 N–H and O–H groups in total. The molecule has 0 spiro atoms. The smallest absolute Gasteiger partial charge is 0.417 e. The summed E-state index contributed by atoms with van der Waals surface area (Å²) in [4.78, 5) is 37.0. The van der Waals surface area contributed by atoms with Gasteiger partial charge in [-0.1, -0.05) is 44.4 Å². The Bertz CT molecular complexity index is 1070. The van der Waals surface area contributed by atoms with Gasteiger partial charge in [0.05, 0.1) is 30.3 Å². The maximum Gasteiger partial charge on any atom is 0.417 e. The van der Waals surface area contributed by atoms with Crippen LogP contribution in [-0.2, 0) is 20.5 Å². The molecule has 1 amide bonds. The number of hydrogen-bond donors (Lipinski definition) is 1. The van der Waals surface area contributed by atoms with E-state index in [0.29, 0.717) is 6.42 Å². The van der Waals surface area contributed by atoms with Gasteiger partial charge >= 0.3 is 12.1 Å². The number of carbonyl (C=O) groups is 3. The second kappa shape index (κ2) is 12.2. The Morgan fingerprint density at radius 1 is 1.17 bits per heavy atom. The standard InChI is InChI=1S/C26H32F3N3O4/c1-3-4-13-36-24(34)15-18(14-17(2)33)30-25(35)22-16-23(32(31-22)19-9-5-6-10-19)20-11-7-8-12-21(20)26(27,28)29/h7-8,11-12,16,18-19H,3-6,9-10,13-15H2,1-2H3,(H,30,35). The quantitative estimate of drug-likeness (QED) is 0.321. The highest BCUT2D eigenvalue weighted by Gasteiger charge is 2.35. The third-order valence-electron chi connectivity index (χ3n) is 6.19. The monoisotopic (exact) mass is 507 g/mol. The van der Waals surface area contributed by atoms with Crippen molar-refractivity contribution in [3.05, 3.63) is 41.6 Å². The Morgan fingerprint density at radius 2 is 1.86 bits per heavy atom. The third-order valence-corrected chi connectivity index (χ3v) is 6.19. The van der Waals surface area contributed by atoms with Crippen molar-refractivity contribution in [1.82, 2.24) is 15.1 Å². The number of unbranched alkanes of at least 4 members (excludes halogenated alkanes) is 1. The second-order valence-corrected chi connectivity index (χ2v) is 9.20. The van der Waals surface area contributed by atoms with E-state index in [9.17, 15) is 27.6 Å². The predicted molar refractivity (Wildman–Crippen MR) is 127 cm³/mol. The maximum atomic E-state index is 13.7. The van der Waals surface area contributed by atoms with Gasteiger partial charge in [-0.05, 0) is 38.3 Å². The van der Waals surface area contributed by atoms with Gasteiger partial charge in [-0.2, -0.15) is 18.3 Å². The number of ketones is 1. The van der Waals surface area contributed by atoms with Gasteiger partial charge in [0.1, 0.15) is 5.78 Å². The first-order valence-corrected chi connectivity index (χ1v) is 12.3. The zero-order valence-electron chi connectivity index (χ0n) is 20.6. The number of rotatable bonds is 11. The molecule has 3 rings (SSSR count). The van der Waals surface area contributed by atoms with Crippen molar-refractivity contribution in [3.8, 4) is 11.3 Å². The number of carbonyl (C=O) groups excluding carboxylic acids is 3. The maximum absolute atomic E-state index is 13.7. The predicted octanol–water partition coefficient (Wildman–Crippen LogP) is 5.49. The molecule has 196 valence electrons. The summed E-state index contributed by atoms with van der Waals surface area (Å²) in [7, 11) is 0. The molecule has 1 unspecified atom stereocenters. The van der Waals surface area contributed by atoms with E-state index in [-0.39, 0.29) is 48.2 Å². The van der Waals surface area contributed by atoms with Crippen LogP contribution in [0.1, 0.15) is 87.3 Å². The molecule has 7 nitrogen and oxygen atoms in total. The molecule has 2 aromatic rings. The van der Waals surface area contributed by atoms with Gasteiger partial charge in [-0.25, -0.2) is 0 Å². The molecule has 0 bridgehead atoms. The number of benzene rings is 1. The van der Waals surface area contributed by atoms with Gasteiger partial charge in [0, 0.05) is 18.0 Å². The van der Waals surface area contributed by atoms with Crippen LogP contribution >= 0.6 is 0 Å². The van der Waals surface area contributed by atoms with E-state index in [1.807, 2.05) is 6.92 Å². The molecule has 1 aliphatic carbocycles. The van der Waals surface area contributed by atoms with Gasteiger partial charge in [-0.15, -0.1) is 0 Å². The first-order valence-electron chi connectivity index (χ1n) is 12.3. The molecular weight excluding hydrogens is 475 g/mol. The summed E-state index contributed by atoms with van der Waals surface area (Å²) in [6, 6.07) is 5.64. The lowest BCUT2D eigenvalue weighted by molar-refractivity contribution is -0.144. The average Bonchev–Trinajstić information content (AvgIpc) is 3.48. The van der Waals surface area contributed by atoms with Gasteiger partial charge in [0.2, 0.25) is 0 Å². The summed E-state index contributed by atoms with van der Waals surface area (Å²) >= 11 is 0. The number of Topliss-reactive ketones (excluding diaryl/α,β-unsaturated/α-hetero) is 1. The van der Waals surface area contributed by atoms with Crippen molar-refractivity contribution in [2.24, 2.45) is 0 Å². The Balaban J connectivity index is 1.89. The van der Waals surface area contributed by atoms with Crippen LogP contribution in [0.15, 0.2) is 30.3 Å². The summed E-state index contributed by atoms with van der Waals surface area (Å²) in [6.07, 6.45) is 0.0560. The normalized spacial score (nSPS) is 15.0. The molecule has 1 heterocycles. The zero-order valence-corrected chi connectivity index (χ0v) is 20.6. The fourth-order valence-corrected chi connectivity index (χ4v) is 4.46. The second-order valence-electron chi connectivity index (χ2n) is 9.20. The first-order chi connectivity index (χ1) is 17.1. The van der Waals surface area contributed by atoms with Crippen LogP contribution in [0.4, 0.5) is 13.2 Å². The van der Waals surface area contributed by atoms with Gasteiger partial charge in [0.25, 0.3) is 5.91 Å². The zero-order chi connectivity index (χ0) is 26.3. The number of aromatic nitrogens is 2. The summed E-state index contributed by atoms with van der Waals surface area (Å²) in [5, 5.41) is 7.05. The minimum Gasteiger partial charge on any atom is -0.466 e. The van der Waals surface area contributed by atoms with Crippen LogP contribution < -0.4 is 5.32 Å². The Morgan fingerprint density at radius 3 is 2.50 bits per heavy atom. The number of ether oxygens (including phenoxy) is 1. The summed E-state index contributed by atoms with van der Waals surface area (Å²) in [5.74, 6) is -1.42. The van der Waals surface area contributed by atoms with E-state index in [4.69, 9.17) is 4.74 Å². The number of amides is 1. The lowest BCUT2D eigenvalue weighted by Gasteiger charge is -2.17. The van der Waals surface area contributed by atoms with Crippen LogP contribution in [-0.4, -0.2) is 40.1 Å². The summed E-state index contributed by atoms with van der Waals surface area (Å²) in [6.45, 7) is 3.56. The molecule has 1 aliphatic rings. The molecule has 10 heteroatoms. The molecule has 1 fully saturated rings. The number of halogens is 3. The van der Waals surface area contributed by atoms with E-state index in [2.05, 4.69) is 10.4 Å². The lowest BCUT2D eigenvalue weighted by Crippen LogP contribution is -2.38. The van der Waals surface area contributed by atoms with Crippen molar-refractivity contribution in [2.75, 3.05) is 6.61 Å². The van der Waals surface area contributed by atoms with Crippen LogP contribution in [0.25, 0.3) is 11.3 Å². The van der Waals surface area contributed by atoms with Crippen molar-refractivity contribution in [2.45, 2.75) is 83.5 Å². The molecule has 0 aliphatic heterocycles. The van der Waals surface area contributed by atoms with Crippen LogP contribution in [0.2, 0.25) is 0 Å². The highest BCUT2D eigenvalue weighted by molar-refractivity contribution is 5.94. The Kier molecular flexibility index (Phi) is 9.28. The largest absolute Gasteiger partial charge is 0.466 e. The molecule has 1 aromatic carbocycles. The van der Waals surface area contributed by atoms with Crippen molar-refractivity contribution < 1.29 is 32.3 Å². The lowest BCUT2D eigenvalue weighted by atomic mass is 10.0. The number of esters is 1. The van der Waals surface area contributed by atoms with Gasteiger partial charge < -0.3 is 10.1 Å². The SMILES string of the molecule is CCCCOC(=O)CC(CC(C)=O)NC(=O)c1cc(-c2ccccc2C(F)(F)F)n(C2CCCC2)n1. The fourth-order valence-electron chi connectivity index (χ4n) is 4.46. The molecule has 1 aromatic heterocycles. The van der Waals surface area contributed by atoms with Crippen molar-refractivity contribution >= 4 is 17.7 Å². The van der Waals surface area contributed by atoms with Crippen LogP contribution in [0.3, 0.4) is 0 Å². The fraction of sp³-hybridized carbons (Fsp3) is 0.538. The number of hydrogen-bond acceptors (Lipinski definition) is 5. The Labute approximate surface area is 208 Å². The van der Waals surface area contributed by atoms with Gasteiger partial charge in [0.15, 0.2) is 5.69 Å². The molecule has 36 heavy (non-hydrogen) atoms. The third kappa shape index (κ3) is 7.18.